The van der Waals surface area contributed by atoms with E-state index in [2.05, 4.69) is 9.97 Å². The molecule has 4 atom stereocenters. The fourth-order valence-corrected chi connectivity index (χ4v) is 10.7. The van der Waals surface area contributed by atoms with Crippen molar-refractivity contribution in [1.82, 2.24) is 24.8 Å². The number of amides is 1. The summed E-state index contributed by atoms with van der Waals surface area (Å²) in [6.45, 7) is 7.03. The number of nitrogens with zero attached hydrogens (tertiary/aromatic N) is 8. The van der Waals surface area contributed by atoms with Crippen molar-refractivity contribution in [3.05, 3.63) is 93.8 Å². The molecule has 13 nitrogen and oxygen atoms in total. The molecule has 4 aliphatic rings. The van der Waals surface area contributed by atoms with Crippen LogP contribution in [-0.2, 0) is 24.0 Å². The molecule has 69 heavy (non-hydrogen) atoms. The van der Waals surface area contributed by atoms with Crippen molar-refractivity contribution in [2.45, 2.75) is 102 Å². The van der Waals surface area contributed by atoms with Crippen molar-refractivity contribution in [3.63, 3.8) is 0 Å². The predicted molar refractivity (Wildman–Crippen MR) is 249 cm³/mol. The molecule has 4 saturated heterocycles. The monoisotopic (exact) mass is 974 g/mol. The minimum Gasteiger partial charge on any atom is -0.497 e. The minimum atomic E-state index is -5.20. The van der Waals surface area contributed by atoms with Crippen molar-refractivity contribution in [2.24, 2.45) is 0 Å². The molecule has 1 amide bonds. The maximum Gasteiger partial charge on any atom is 0.419 e. The summed E-state index contributed by atoms with van der Waals surface area (Å²) in [5.41, 5.74) is -4.23. The third kappa shape index (κ3) is 9.59. The molecule has 364 valence electrons. The zero-order valence-electron chi connectivity index (χ0n) is 38.9. The largest absolute Gasteiger partial charge is 0.497 e. The molecule has 3 aromatic carbocycles. The van der Waals surface area contributed by atoms with Gasteiger partial charge in [-0.3, -0.25) is 9.80 Å². The number of ether oxygens (including phenoxy) is 4. The van der Waals surface area contributed by atoms with Crippen LogP contribution in [0.3, 0.4) is 0 Å². The molecule has 0 spiro atoms. The van der Waals surface area contributed by atoms with Gasteiger partial charge in [0.15, 0.2) is 5.82 Å². The van der Waals surface area contributed by atoms with Gasteiger partial charge < -0.3 is 28.7 Å². The summed E-state index contributed by atoms with van der Waals surface area (Å²) in [4.78, 5) is 34.7. The second kappa shape index (κ2) is 18.6. The Morgan fingerprint density at radius 1 is 0.928 bits per heavy atom. The van der Waals surface area contributed by atoms with Crippen molar-refractivity contribution >= 4 is 40.2 Å². The lowest BCUT2D eigenvalue weighted by Gasteiger charge is -2.42. The second-order valence-corrected chi connectivity index (χ2v) is 19.6. The first-order valence-corrected chi connectivity index (χ1v) is 23.3. The predicted octanol–water partition coefficient (Wildman–Crippen LogP) is 10.1. The van der Waals surface area contributed by atoms with Crippen LogP contribution in [0.25, 0.3) is 22.2 Å². The van der Waals surface area contributed by atoms with Crippen molar-refractivity contribution in [1.29, 1.82) is 5.26 Å². The van der Waals surface area contributed by atoms with E-state index in [-0.39, 0.29) is 80.9 Å². The van der Waals surface area contributed by atoms with E-state index < -0.39 is 68.3 Å². The lowest BCUT2D eigenvalue weighted by Crippen LogP contribution is -2.57. The van der Waals surface area contributed by atoms with Crippen molar-refractivity contribution in [2.75, 3.05) is 56.8 Å². The van der Waals surface area contributed by atoms with Gasteiger partial charge in [-0.15, -0.1) is 0 Å². The van der Waals surface area contributed by atoms with E-state index in [1.165, 1.54) is 20.3 Å². The standard InChI is InChI=1S/C50H52ClF5N8O5/c1-48(2,3)69-47(65)64-33-11-12-34(64)27-62(26-33)45-37-20-38(51)40(42(53)43(37)59-46(60-45)68-28-49-17-6-18-63(49)25-32(52)21-49)44-41(50(54,55)56)31(22-57)19-39(58-44)61(23-29-7-13-35(66-4)14-8-29)24-30-9-15-36(67-5)16-10-30/h7-10,13-16,19-20,32-34H,6,11-12,17-18,21,23-28H2,1-5H3/t32-,33?,34?,49+/m1/s1. The summed E-state index contributed by atoms with van der Waals surface area (Å²) in [5, 5.41) is 10.1. The highest BCUT2D eigenvalue weighted by Crippen LogP contribution is 2.47. The average Bonchev–Trinajstić information content (AvgIpc) is 3.93. The van der Waals surface area contributed by atoms with Crippen LogP contribution in [0.4, 0.5) is 38.4 Å². The second-order valence-electron chi connectivity index (χ2n) is 19.2. The molecule has 2 bridgehead atoms. The van der Waals surface area contributed by atoms with Gasteiger partial charge in [0.25, 0.3) is 0 Å². The molecule has 0 aliphatic carbocycles. The first-order valence-electron chi connectivity index (χ1n) is 22.9. The van der Waals surface area contributed by atoms with Crippen molar-refractivity contribution < 1.29 is 45.7 Å². The highest BCUT2D eigenvalue weighted by atomic mass is 35.5. The third-order valence-electron chi connectivity index (χ3n) is 13.5. The van der Waals surface area contributed by atoms with E-state index in [4.69, 9.17) is 35.5 Å². The van der Waals surface area contributed by atoms with Crippen LogP contribution in [0.1, 0.15) is 75.1 Å². The Morgan fingerprint density at radius 2 is 1.55 bits per heavy atom. The number of hydrogen-bond donors (Lipinski definition) is 0. The van der Waals surface area contributed by atoms with Gasteiger partial charge in [0.05, 0.1) is 65.3 Å². The van der Waals surface area contributed by atoms with Gasteiger partial charge in [-0.25, -0.2) is 18.6 Å². The van der Waals surface area contributed by atoms with Crippen LogP contribution in [0.2, 0.25) is 5.02 Å². The number of alkyl halides is 4. The van der Waals surface area contributed by atoms with E-state index in [9.17, 15) is 14.4 Å². The summed E-state index contributed by atoms with van der Waals surface area (Å²) in [6, 6.07) is 17.3. The van der Waals surface area contributed by atoms with Crippen LogP contribution in [0.5, 0.6) is 17.5 Å². The first kappa shape index (κ1) is 47.9. The lowest BCUT2D eigenvalue weighted by molar-refractivity contribution is -0.137. The van der Waals surface area contributed by atoms with Gasteiger partial charge in [0, 0.05) is 44.5 Å². The number of pyridine rings is 1. The van der Waals surface area contributed by atoms with Gasteiger partial charge in [-0.1, -0.05) is 35.9 Å². The molecule has 2 unspecified atom stereocenters. The Hall–Kier alpha value is -6.19. The Kier molecular flexibility index (Phi) is 12.9. The zero-order valence-corrected chi connectivity index (χ0v) is 39.6. The molecular weight excluding hydrogens is 923 g/mol. The fourth-order valence-electron chi connectivity index (χ4n) is 10.4. The summed E-state index contributed by atoms with van der Waals surface area (Å²) >= 11 is 6.99. The number of hydrogen-bond acceptors (Lipinski definition) is 12. The van der Waals surface area contributed by atoms with Crippen LogP contribution in [-0.4, -0.2) is 107 Å². The molecule has 0 radical (unpaired) electrons. The molecule has 0 saturated carbocycles. The molecule has 4 fully saturated rings. The molecule has 9 rings (SSSR count). The average molecular weight is 975 g/mol. The number of anilines is 2. The van der Waals surface area contributed by atoms with Gasteiger partial charge in [0.2, 0.25) is 0 Å². The smallest absolute Gasteiger partial charge is 0.419 e. The first-order chi connectivity index (χ1) is 32.9. The van der Waals surface area contributed by atoms with E-state index in [0.717, 1.165) is 23.6 Å². The number of aromatic nitrogens is 3. The van der Waals surface area contributed by atoms with Crippen LogP contribution in [0, 0.1) is 17.1 Å². The molecule has 19 heteroatoms. The maximum absolute atomic E-state index is 17.9. The number of rotatable bonds is 12. The quantitative estimate of drug-likeness (QED) is 0.110. The Labute approximate surface area is 401 Å². The lowest BCUT2D eigenvalue weighted by atomic mass is 9.95. The SMILES string of the molecule is COc1ccc(CN(Cc2ccc(OC)cc2)c2cc(C#N)c(C(F)(F)F)c(-c3c(Cl)cc4c(N5CC6CCC(C5)N6C(=O)OC(C)(C)C)nc(OC[C@@]56CCCN5C[C@H](F)C6)nc4c3F)n2)cc1. The number of methoxy groups -OCH3 is 2. The number of halogens is 6. The fraction of sp³-hybridized carbons (Fsp3) is 0.460. The Bertz CT molecular complexity index is 2730. The maximum atomic E-state index is 17.9. The summed E-state index contributed by atoms with van der Waals surface area (Å²) in [5.74, 6) is 0.0609. The van der Waals surface area contributed by atoms with E-state index in [1.54, 1.807) is 85.2 Å². The number of carbonyl (C=O) groups is 1. The molecule has 4 aliphatic heterocycles. The van der Waals surface area contributed by atoms with Gasteiger partial charge in [-0.2, -0.15) is 28.4 Å². The zero-order chi connectivity index (χ0) is 49.0. The van der Waals surface area contributed by atoms with Gasteiger partial charge >= 0.3 is 18.3 Å². The number of piperazine rings is 1. The van der Waals surface area contributed by atoms with Crippen molar-refractivity contribution in [3.8, 4) is 34.8 Å². The van der Waals surface area contributed by atoms with E-state index in [1.807, 2.05) is 9.80 Å². The summed E-state index contributed by atoms with van der Waals surface area (Å²) in [6.07, 6.45) is -3.67. The molecule has 5 aromatic rings. The number of nitriles is 1. The molecule has 2 aromatic heterocycles. The third-order valence-corrected chi connectivity index (χ3v) is 13.8. The Morgan fingerprint density at radius 3 is 2.12 bits per heavy atom. The number of carbonyl (C=O) groups excluding carboxylic acids is 1. The van der Waals surface area contributed by atoms with Crippen LogP contribution in [0.15, 0.2) is 60.7 Å². The summed E-state index contributed by atoms with van der Waals surface area (Å²) in [7, 11) is 3.05. The normalized spacial score (nSPS) is 21.3. The van der Waals surface area contributed by atoms with Crippen LogP contribution < -0.4 is 24.0 Å². The van der Waals surface area contributed by atoms with E-state index >= 15 is 17.6 Å². The highest BCUT2D eigenvalue weighted by molar-refractivity contribution is 6.34. The van der Waals surface area contributed by atoms with Crippen LogP contribution >= 0.6 is 11.6 Å². The Balaban J connectivity index is 1.18. The molecular formula is C50H52ClF5N8O5. The highest BCUT2D eigenvalue weighted by Gasteiger charge is 2.50. The minimum absolute atomic E-state index is 0.0102. The summed E-state index contributed by atoms with van der Waals surface area (Å²) < 4.78 is 102. The molecule has 6 heterocycles. The number of benzene rings is 3. The van der Waals surface area contributed by atoms with Gasteiger partial charge in [-0.05, 0) is 101 Å². The molecule has 0 N–H and O–H groups in total. The van der Waals surface area contributed by atoms with E-state index in [0.29, 0.717) is 37.3 Å². The number of fused-ring (bicyclic) bond motifs is 4. The topological polar surface area (TPSA) is 129 Å². The van der Waals surface area contributed by atoms with Gasteiger partial charge in [0.1, 0.15) is 47.0 Å².